The van der Waals surface area contributed by atoms with Gasteiger partial charge in [0.2, 0.25) is 0 Å². The van der Waals surface area contributed by atoms with Crippen LogP contribution in [0, 0.1) is 0 Å². The molecule has 88 valence electrons. The van der Waals surface area contributed by atoms with E-state index in [1.54, 1.807) is 7.11 Å². The van der Waals surface area contributed by atoms with Crippen LogP contribution in [0.15, 0.2) is 65.1 Å². The van der Waals surface area contributed by atoms with Crippen LogP contribution in [0.5, 0.6) is 5.75 Å². The predicted molar refractivity (Wildman–Crippen MR) is 72.6 cm³/mol. The van der Waals surface area contributed by atoms with E-state index < -0.39 is 0 Å². The SMILES string of the molecule is COc1cc(-c2ccccc2)[o+]c2ccccc12. The summed E-state index contributed by atoms with van der Waals surface area (Å²) in [7, 11) is 1.68. The molecule has 18 heavy (non-hydrogen) atoms. The molecule has 3 rings (SSSR count). The summed E-state index contributed by atoms with van der Waals surface area (Å²) in [6.07, 6.45) is 0. The first-order chi connectivity index (χ1) is 8.88. The largest absolute Gasteiger partial charge is 0.495 e. The molecule has 3 aromatic rings. The van der Waals surface area contributed by atoms with Gasteiger partial charge in [-0.15, -0.1) is 0 Å². The zero-order valence-corrected chi connectivity index (χ0v) is 10.1. The van der Waals surface area contributed by atoms with Gasteiger partial charge in [-0.25, -0.2) is 4.42 Å². The van der Waals surface area contributed by atoms with Gasteiger partial charge in [0.25, 0.3) is 0 Å². The second-order valence-electron chi connectivity index (χ2n) is 4.04. The Kier molecular flexibility index (Phi) is 2.69. The molecular formula is C16H13O2+. The third-order valence-electron chi connectivity index (χ3n) is 2.91. The molecule has 0 saturated heterocycles. The monoisotopic (exact) mass is 237 g/mol. The highest BCUT2D eigenvalue weighted by Gasteiger charge is 2.18. The Bertz CT molecular complexity index is 675. The lowest BCUT2D eigenvalue weighted by molar-refractivity contribution is 0.416. The van der Waals surface area contributed by atoms with E-state index in [4.69, 9.17) is 9.15 Å². The summed E-state index contributed by atoms with van der Waals surface area (Å²) in [4.78, 5) is 0. The van der Waals surface area contributed by atoms with Gasteiger partial charge in [0.1, 0.15) is 11.1 Å². The average Bonchev–Trinajstić information content (AvgIpc) is 2.47. The van der Waals surface area contributed by atoms with Gasteiger partial charge in [-0.3, -0.25) is 0 Å². The van der Waals surface area contributed by atoms with Crippen molar-refractivity contribution in [3.8, 4) is 17.1 Å². The molecule has 0 aliphatic carbocycles. The maximum absolute atomic E-state index is 5.91. The van der Waals surface area contributed by atoms with Crippen LogP contribution in [0.3, 0.4) is 0 Å². The van der Waals surface area contributed by atoms with Crippen LogP contribution < -0.4 is 4.74 Å². The Balaban J connectivity index is 2.26. The summed E-state index contributed by atoms with van der Waals surface area (Å²) >= 11 is 0. The highest BCUT2D eigenvalue weighted by Crippen LogP contribution is 2.32. The van der Waals surface area contributed by atoms with Crippen LogP contribution in [0.4, 0.5) is 0 Å². The van der Waals surface area contributed by atoms with Gasteiger partial charge in [-0.05, 0) is 18.2 Å². The second-order valence-corrected chi connectivity index (χ2v) is 4.04. The Hall–Kier alpha value is -2.35. The number of fused-ring (bicyclic) bond motifs is 1. The van der Waals surface area contributed by atoms with Crippen molar-refractivity contribution in [2.24, 2.45) is 0 Å². The number of rotatable bonds is 2. The van der Waals surface area contributed by atoms with Crippen LogP contribution in [0.1, 0.15) is 0 Å². The lowest BCUT2D eigenvalue weighted by atomic mass is 10.1. The molecule has 0 spiro atoms. The summed E-state index contributed by atoms with van der Waals surface area (Å²) in [5.74, 6) is 1.64. The number of hydrogen-bond donors (Lipinski definition) is 0. The van der Waals surface area contributed by atoms with E-state index in [9.17, 15) is 0 Å². The van der Waals surface area contributed by atoms with Crippen molar-refractivity contribution in [3.05, 3.63) is 60.7 Å². The van der Waals surface area contributed by atoms with E-state index >= 15 is 0 Å². The normalized spacial score (nSPS) is 10.5. The molecule has 2 nitrogen and oxygen atoms in total. The topological polar surface area (TPSA) is 20.5 Å². The minimum atomic E-state index is 0.811. The van der Waals surface area contributed by atoms with Crippen LogP contribution in [0.25, 0.3) is 22.3 Å². The molecule has 0 N–H and O–H groups in total. The van der Waals surface area contributed by atoms with Crippen molar-refractivity contribution < 1.29 is 9.15 Å². The summed E-state index contributed by atoms with van der Waals surface area (Å²) < 4.78 is 11.3. The first-order valence-corrected chi connectivity index (χ1v) is 5.84. The molecular weight excluding hydrogens is 224 g/mol. The van der Waals surface area contributed by atoms with Crippen LogP contribution in [0.2, 0.25) is 0 Å². The van der Waals surface area contributed by atoms with Crippen molar-refractivity contribution in [2.75, 3.05) is 7.11 Å². The van der Waals surface area contributed by atoms with Gasteiger partial charge < -0.3 is 4.74 Å². The summed E-state index contributed by atoms with van der Waals surface area (Å²) in [6, 6.07) is 19.8. The number of methoxy groups -OCH3 is 1. The van der Waals surface area contributed by atoms with Crippen molar-refractivity contribution in [3.63, 3.8) is 0 Å². The van der Waals surface area contributed by atoms with Crippen LogP contribution in [-0.4, -0.2) is 7.11 Å². The maximum Gasteiger partial charge on any atom is 0.364 e. The molecule has 0 saturated carbocycles. The fraction of sp³-hybridized carbons (Fsp3) is 0.0625. The molecule has 2 heteroatoms. The average molecular weight is 237 g/mol. The minimum absolute atomic E-state index is 0.811. The molecule has 0 unspecified atom stereocenters. The second kappa shape index (κ2) is 4.49. The molecule has 1 heterocycles. The Morgan fingerprint density at radius 2 is 1.61 bits per heavy atom. The third-order valence-corrected chi connectivity index (χ3v) is 2.91. The standard InChI is InChI=1S/C16H13O2/c1-17-16-11-15(12-7-3-2-4-8-12)18-14-10-6-5-9-13(14)16/h2-11H,1H3/q+1. The van der Waals surface area contributed by atoms with E-state index in [0.29, 0.717) is 0 Å². The van der Waals surface area contributed by atoms with Gasteiger partial charge in [-0.1, -0.05) is 30.3 Å². The van der Waals surface area contributed by atoms with Crippen molar-refractivity contribution in [2.45, 2.75) is 0 Å². The van der Waals surface area contributed by atoms with Gasteiger partial charge >= 0.3 is 11.3 Å². The number of benzene rings is 2. The van der Waals surface area contributed by atoms with Gasteiger partial charge in [0.05, 0.1) is 18.7 Å². The molecule has 0 amide bonds. The van der Waals surface area contributed by atoms with Gasteiger partial charge in [-0.2, -0.15) is 0 Å². The van der Waals surface area contributed by atoms with E-state index in [-0.39, 0.29) is 0 Å². The summed E-state index contributed by atoms with van der Waals surface area (Å²) in [5, 5.41) is 0.986. The maximum atomic E-state index is 5.91. The first-order valence-electron chi connectivity index (χ1n) is 5.84. The van der Waals surface area contributed by atoms with Gasteiger partial charge in [0.15, 0.2) is 0 Å². The highest BCUT2D eigenvalue weighted by molar-refractivity contribution is 5.85. The Morgan fingerprint density at radius 1 is 0.889 bits per heavy atom. The van der Waals surface area contributed by atoms with Crippen molar-refractivity contribution in [1.82, 2.24) is 0 Å². The Labute approximate surface area is 105 Å². The molecule has 0 fully saturated rings. The Morgan fingerprint density at radius 3 is 2.39 bits per heavy atom. The number of ether oxygens (including phenoxy) is 1. The van der Waals surface area contributed by atoms with Crippen LogP contribution >= 0.6 is 0 Å². The summed E-state index contributed by atoms with van der Waals surface area (Å²) in [6.45, 7) is 0. The zero-order valence-electron chi connectivity index (χ0n) is 10.1. The summed E-state index contributed by atoms with van der Waals surface area (Å²) in [5.41, 5.74) is 1.87. The molecule has 0 bridgehead atoms. The van der Waals surface area contributed by atoms with E-state index in [1.165, 1.54) is 0 Å². The molecule has 2 aromatic carbocycles. The predicted octanol–water partition coefficient (Wildman–Crippen LogP) is 4.39. The molecule has 0 atom stereocenters. The molecule has 0 aliphatic rings. The van der Waals surface area contributed by atoms with Gasteiger partial charge in [0, 0.05) is 6.07 Å². The molecule has 1 aromatic heterocycles. The van der Waals surface area contributed by atoms with Crippen molar-refractivity contribution >= 4 is 11.0 Å². The fourth-order valence-corrected chi connectivity index (χ4v) is 2.02. The fourth-order valence-electron chi connectivity index (χ4n) is 2.02. The third kappa shape index (κ3) is 1.82. The van der Waals surface area contributed by atoms with E-state index in [1.807, 2.05) is 60.7 Å². The first kappa shape index (κ1) is 10.8. The highest BCUT2D eigenvalue weighted by atomic mass is 16.5. The minimum Gasteiger partial charge on any atom is -0.495 e. The molecule has 0 radical (unpaired) electrons. The molecule has 0 aliphatic heterocycles. The zero-order chi connectivity index (χ0) is 12.4. The van der Waals surface area contributed by atoms with Crippen molar-refractivity contribution in [1.29, 1.82) is 0 Å². The quantitative estimate of drug-likeness (QED) is 0.616. The van der Waals surface area contributed by atoms with Crippen LogP contribution in [-0.2, 0) is 0 Å². The smallest absolute Gasteiger partial charge is 0.364 e. The number of hydrogen-bond acceptors (Lipinski definition) is 1. The van der Waals surface area contributed by atoms with E-state index in [2.05, 4.69) is 0 Å². The van der Waals surface area contributed by atoms with E-state index in [0.717, 1.165) is 28.0 Å². The lowest BCUT2D eigenvalue weighted by Crippen LogP contribution is -1.87. The number of para-hydroxylation sites is 1. The lowest BCUT2D eigenvalue weighted by Gasteiger charge is -2.00.